The van der Waals surface area contributed by atoms with Crippen LogP contribution in [0.3, 0.4) is 0 Å². The average molecular weight is 541 g/mol. The predicted octanol–water partition coefficient (Wildman–Crippen LogP) is 4.38. The van der Waals surface area contributed by atoms with Crippen LogP contribution in [0, 0.1) is 18.3 Å². The second-order valence-electron chi connectivity index (χ2n) is 9.12. The first-order chi connectivity index (χ1) is 17.8. The van der Waals surface area contributed by atoms with Crippen LogP contribution >= 0.6 is 0 Å². The van der Waals surface area contributed by atoms with Crippen molar-refractivity contribution in [2.45, 2.75) is 38.4 Å². The lowest BCUT2D eigenvalue weighted by Crippen LogP contribution is -2.58. The molecule has 13 heteroatoms. The van der Waals surface area contributed by atoms with E-state index in [4.69, 9.17) is 10.1 Å². The lowest BCUT2D eigenvalue weighted by Gasteiger charge is -2.43. The van der Waals surface area contributed by atoms with Crippen LogP contribution < -0.4 is 15.4 Å². The van der Waals surface area contributed by atoms with Crippen molar-refractivity contribution in [3.8, 4) is 5.88 Å². The van der Waals surface area contributed by atoms with Crippen molar-refractivity contribution in [3.05, 3.63) is 53.4 Å². The third-order valence-corrected chi connectivity index (χ3v) is 6.20. The first-order valence-corrected chi connectivity index (χ1v) is 11.7. The van der Waals surface area contributed by atoms with E-state index in [2.05, 4.69) is 20.6 Å². The summed E-state index contributed by atoms with van der Waals surface area (Å²) in [6, 6.07) is 6.23. The molecule has 1 aliphatic heterocycles. The highest BCUT2D eigenvalue weighted by molar-refractivity contribution is 6.54. The van der Waals surface area contributed by atoms with E-state index in [1.165, 1.54) is 6.20 Å². The highest BCUT2D eigenvalue weighted by Gasteiger charge is 2.47. The second kappa shape index (κ2) is 11.3. The molecule has 8 nitrogen and oxygen atoms in total. The summed E-state index contributed by atoms with van der Waals surface area (Å²) >= 11 is 0. The van der Waals surface area contributed by atoms with Crippen molar-refractivity contribution >= 4 is 23.1 Å². The SMILES string of the molecule is CN/C=C(\C(=N)C(=O)N1CC(F)(F)CC(C)C1CNc1ncc(C(F)(F)F)c(OC)n1)c1ccc(C)cc1. The summed E-state index contributed by atoms with van der Waals surface area (Å²) in [5.74, 6) is -5.73. The maximum atomic E-state index is 14.6. The van der Waals surface area contributed by atoms with E-state index in [0.717, 1.165) is 17.6 Å². The zero-order valence-corrected chi connectivity index (χ0v) is 21.3. The number of nitrogens with one attached hydrogen (secondary N) is 3. The van der Waals surface area contributed by atoms with Gasteiger partial charge < -0.3 is 20.3 Å². The van der Waals surface area contributed by atoms with Crippen molar-refractivity contribution < 1.29 is 31.5 Å². The van der Waals surface area contributed by atoms with Crippen molar-refractivity contribution in [3.63, 3.8) is 0 Å². The van der Waals surface area contributed by atoms with Crippen LogP contribution in [0.1, 0.15) is 30.0 Å². The van der Waals surface area contributed by atoms with Gasteiger partial charge >= 0.3 is 6.18 Å². The van der Waals surface area contributed by atoms with Gasteiger partial charge in [-0.25, -0.2) is 13.8 Å². The molecule has 3 N–H and O–H groups in total. The molecule has 1 aromatic heterocycles. The molecule has 3 rings (SSSR count). The van der Waals surface area contributed by atoms with Gasteiger partial charge in [0.2, 0.25) is 11.8 Å². The standard InChI is InChI=1S/C25H29F5N6O2/c1-14-5-7-16(8-6-14)17(10-32-3)20(31)22(37)36-13-24(26,27)9-15(2)19(36)12-34-23-33-11-18(25(28,29)30)21(35-23)38-4/h5-8,10-11,15,19,31-32H,9,12-13H2,1-4H3,(H,33,34,35)/b17-10-,31-20?. The van der Waals surface area contributed by atoms with Gasteiger partial charge in [-0.3, -0.25) is 10.2 Å². The number of anilines is 1. The molecule has 1 saturated heterocycles. The number of rotatable bonds is 8. The highest BCUT2D eigenvalue weighted by Crippen LogP contribution is 2.36. The fraction of sp³-hybridized carbons (Fsp3) is 0.440. The first-order valence-electron chi connectivity index (χ1n) is 11.7. The molecule has 2 atom stereocenters. The van der Waals surface area contributed by atoms with Crippen LogP contribution in [-0.2, 0) is 11.0 Å². The monoisotopic (exact) mass is 540 g/mol. The van der Waals surface area contributed by atoms with Crippen molar-refractivity contribution in [1.82, 2.24) is 20.2 Å². The van der Waals surface area contributed by atoms with E-state index in [-0.39, 0.29) is 18.1 Å². The molecule has 206 valence electrons. The quantitative estimate of drug-likeness (QED) is 0.339. The number of hydrogen-bond donors (Lipinski definition) is 3. The lowest BCUT2D eigenvalue weighted by molar-refractivity contribution is -0.145. The van der Waals surface area contributed by atoms with E-state index < -0.39 is 60.1 Å². The Morgan fingerprint density at radius 3 is 2.53 bits per heavy atom. The number of aryl methyl sites for hydroxylation is 1. The number of amides is 1. The summed E-state index contributed by atoms with van der Waals surface area (Å²) in [6.45, 7) is 2.37. The van der Waals surface area contributed by atoms with Gasteiger partial charge in [0.15, 0.2) is 0 Å². The zero-order chi connectivity index (χ0) is 28.3. The van der Waals surface area contributed by atoms with Gasteiger partial charge in [0, 0.05) is 38.0 Å². The Labute approximate surface area is 216 Å². The lowest BCUT2D eigenvalue weighted by atomic mass is 9.87. The first kappa shape index (κ1) is 28.8. The summed E-state index contributed by atoms with van der Waals surface area (Å²) in [5.41, 5.74) is 0.0988. The van der Waals surface area contributed by atoms with Crippen molar-refractivity contribution in [2.24, 2.45) is 5.92 Å². The number of methoxy groups -OCH3 is 1. The normalized spacial score (nSPS) is 19.6. The van der Waals surface area contributed by atoms with Gasteiger partial charge in [0.1, 0.15) is 11.3 Å². The molecule has 1 amide bonds. The summed E-state index contributed by atoms with van der Waals surface area (Å²) in [6.07, 6.45) is -3.23. The Bertz CT molecular complexity index is 1200. The maximum absolute atomic E-state index is 14.6. The number of halogens is 5. The Kier molecular flexibility index (Phi) is 8.58. The Hall–Kier alpha value is -3.77. The minimum Gasteiger partial charge on any atom is -0.480 e. The van der Waals surface area contributed by atoms with Crippen LogP contribution in [0.2, 0.25) is 0 Å². The molecule has 2 heterocycles. The number of benzene rings is 1. The molecule has 0 saturated carbocycles. The van der Waals surface area contributed by atoms with Crippen molar-refractivity contribution in [1.29, 1.82) is 5.41 Å². The summed E-state index contributed by atoms with van der Waals surface area (Å²) < 4.78 is 73.2. The fourth-order valence-corrected chi connectivity index (χ4v) is 4.31. The fourth-order valence-electron chi connectivity index (χ4n) is 4.31. The third-order valence-electron chi connectivity index (χ3n) is 6.20. The van der Waals surface area contributed by atoms with Gasteiger partial charge in [-0.15, -0.1) is 0 Å². The van der Waals surface area contributed by atoms with Crippen molar-refractivity contribution in [2.75, 3.05) is 32.6 Å². The van der Waals surface area contributed by atoms with Crippen LogP contribution in [0.5, 0.6) is 5.88 Å². The minimum absolute atomic E-state index is 0.138. The molecular formula is C25H29F5N6O2. The zero-order valence-electron chi connectivity index (χ0n) is 21.3. The Morgan fingerprint density at radius 1 is 1.29 bits per heavy atom. The molecule has 0 bridgehead atoms. The number of hydrogen-bond acceptors (Lipinski definition) is 7. The smallest absolute Gasteiger partial charge is 0.423 e. The number of carbonyl (C=O) groups excluding carboxylic acids is 1. The molecule has 38 heavy (non-hydrogen) atoms. The van der Waals surface area contributed by atoms with Crippen LogP contribution in [-0.4, -0.2) is 65.7 Å². The molecule has 1 aromatic carbocycles. The van der Waals surface area contributed by atoms with Gasteiger partial charge in [-0.2, -0.15) is 18.2 Å². The van der Waals surface area contributed by atoms with Gasteiger partial charge in [0.25, 0.3) is 11.8 Å². The van der Waals surface area contributed by atoms with Crippen LogP contribution in [0.15, 0.2) is 36.7 Å². The Morgan fingerprint density at radius 2 is 1.95 bits per heavy atom. The van der Waals surface area contributed by atoms with E-state index in [1.54, 1.807) is 38.2 Å². The van der Waals surface area contributed by atoms with Gasteiger partial charge in [-0.05, 0) is 18.4 Å². The molecular weight excluding hydrogens is 511 g/mol. The van der Waals surface area contributed by atoms with Crippen LogP contribution in [0.4, 0.5) is 27.9 Å². The number of nitrogens with zero attached hydrogens (tertiary/aromatic N) is 3. The van der Waals surface area contributed by atoms with E-state index in [0.29, 0.717) is 11.8 Å². The van der Waals surface area contributed by atoms with Crippen LogP contribution in [0.25, 0.3) is 5.57 Å². The number of alkyl halides is 5. The molecule has 0 radical (unpaired) electrons. The average Bonchev–Trinajstić information content (AvgIpc) is 2.85. The summed E-state index contributed by atoms with van der Waals surface area (Å²) in [5, 5.41) is 14.1. The van der Waals surface area contributed by atoms with E-state index in [9.17, 15) is 26.7 Å². The molecule has 2 unspecified atom stereocenters. The highest BCUT2D eigenvalue weighted by atomic mass is 19.4. The summed E-state index contributed by atoms with van der Waals surface area (Å²) in [7, 11) is 2.62. The topological polar surface area (TPSA) is 103 Å². The number of carbonyl (C=O) groups is 1. The second-order valence-corrected chi connectivity index (χ2v) is 9.12. The molecule has 1 aliphatic rings. The van der Waals surface area contributed by atoms with E-state index in [1.807, 2.05) is 6.92 Å². The minimum atomic E-state index is -4.73. The predicted molar refractivity (Wildman–Crippen MR) is 132 cm³/mol. The van der Waals surface area contributed by atoms with Gasteiger partial charge in [-0.1, -0.05) is 36.8 Å². The number of ether oxygens (including phenoxy) is 1. The largest absolute Gasteiger partial charge is 0.480 e. The molecule has 1 fully saturated rings. The van der Waals surface area contributed by atoms with Gasteiger partial charge in [0.05, 0.1) is 19.7 Å². The number of likely N-dealkylation sites (tertiary alicyclic amines) is 1. The number of piperidine rings is 1. The third kappa shape index (κ3) is 6.56. The number of aromatic nitrogens is 2. The Balaban J connectivity index is 1.87. The van der Waals surface area contributed by atoms with E-state index >= 15 is 0 Å². The molecule has 0 aliphatic carbocycles. The molecule has 0 spiro atoms. The summed E-state index contributed by atoms with van der Waals surface area (Å²) in [4.78, 5) is 21.8. The maximum Gasteiger partial charge on any atom is 0.423 e. The molecule has 2 aromatic rings.